The lowest BCUT2D eigenvalue weighted by molar-refractivity contribution is 0.0517. The largest absolute Gasteiger partial charge is 0.461 e. The Morgan fingerprint density at radius 1 is 1.47 bits per heavy atom. The minimum absolute atomic E-state index is 0.203. The summed E-state index contributed by atoms with van der Waals surface area (Å²) in [6, 6.07) is 0.203. The first-order valence-corrected chi connectivity index (χ1v) is 6.56. The highest BCUT2D eigenvalue weighted by Crippen LogP contribution is 2.29. The number of nitrogens with zero attached hydrogens (tertiary/aromatic N) is 2. The fraction of sp³-hybridized carbons (Fsp3) is 0.636. The minimum Gasteiger partial charge on any atom is -0.461 e. The topological polar surface area (TPSA) is 70.1 Å². The van der Waals surface area contributed by atoms with Crippen molar-refractivity contribution in [2.45, 2.75) is 39.7 Å². The summed E-state index contributed by atoms with van der Waals surface area (Å²) in [6.07, 6.45) is 1.83. The molecule has 0 saturated carbocycles. The van der Waals surface area contributed by atoms with Gasteiger partial charge in [0.15, 0.2) is 5.69 Å². The Morgan fingerprint density at radius 3 is 2.53 bits per heavy atom. The SMILES string of the molecule is CCOC(=O)c1nn(C(CC)CC)c(N)c1Br. The van der Waals surface area contributed by atoms with Crippen LogP contribution in [0.2, 0.25) is 0 Å². The van der Waals surface area contributed by atoms with Gasteiger partial charge in [-0.2, -0.15) is 5.10 Å². The third kappa shape index (κ3) is 2.80. The number of anilines is 1. The Labute approximate surface area is 109 Å². The van der Waals surface area contributed by atoms with Gasteiger partial charge in [-0.25, -0.2) is 9.48 Å². The molecule has 17 heavy (non-hydrogen) atoms. The quantitative estimate of drug-likeness (QED) is 0.849. The van der Waals surface area contributed by atoms with Gasteiger partial charge < -0.3 is 10.5 Å². The van der Waals surface area contributed by atoms with Gasteiger partial charge in [-0.1, -0.05) is 13.8 Å². The van der Waals surface area contributed by atoms with Gasteiger partial charge >= 0.3 is 5.97 Å². The molecule has 0 unspecified atom stereocenters. The summed E-state index contributed by atoms with van der Waals surface area (Å²) in [6.45, 7) is 6.20. The van der Waals surface area contributed by atoms with Crippen molar-refractivity contribution in [3.05, 3.63) is 10.2 Å². The van der Waals surface area contributed by atoms with Gasteiger partial charge in [0.25, 0.3) is 0 Å². The molecule has 0 amide bonds. The van der Waals surface area contributed by atoms with Crippen LogP contribution in [0, 0.1) is 0 Å². The average molecular weight is 304 g/mol. The summed E-state index contributed by atoms with van der Waals surface area (Å²) in [5, 5.41) is 4.24. The highest BCUT2D eigenvalue weighted by molar-refractivity contribution is 9.10. The van der Waals surface area contributed by atoms with Gasteiger partial charge in [0.05, 0.1) is 17.1 Å². The standard InChI is InChI=1S/C11H18BrN3O2/c1-4-7(5-2)15-10(13)8(12)9(14-15)11(16)17-6-3/h7H,4-6,13H2,1-3H3. The summed E-state index contributed by atoms with van der Waals surface area (Å²) in [5.41, 5.74) is 6.18. The van der Waals surface area contributed by atoms with E-state index in [0.717, 1.165) is 12.8 Å². The van der Waals surface area contributed by atoms with Crippen LogP contribution >= 0.6 is 15.9 Å². The molecule has 0 atom stereocenters. The van der Waals surface area contributed by atoms with Crippen LogP contribution in [0.4, 0.5) is 5.82 Å². The lowest BCUT2D eigenvalue weighted by atomic mass is 10.2. The maximum absolute atomic E-state index is 11.6. The van der Waals surface area contributed by atoms with Crippen molar-refractivity contribution in [2.24, 2.45) is 0 Å². The molecule has 2 N–H and O–H groups in total. The molecule has 0 spiro atoms. The van der Waals surface area contributed by atoms with E-state index < -0.39 is 5.97 Å². The number of nitrogen functional groups attached to an aromatic ring is 1. The number of rotatable bonds is 5. The Bertz CT molecular complexity index is 400. The van der Waals surface area contributed by atoms with E-state index in [1.807, 2.05) is 0 Å². The minimum atomic E-state index is -0.448. The van der Waals surface area contributed by atoms with Crippen LogP contribution in [0.25, 0.3) is 0 Å². The zero-order valence-electron chi connectivity index (χ0n) is 10.4. The molecule has 0 bridgehead atoms. The first-order valence-electron chi connectivity index (χ1n) is 5.77. The molecule has 5 nitrogen and oxygen atoms in total. The van der Waals surface area contributed by atoms with E-state index in [9.17, 15) is 4.79 Å². The maximum atomic E-state index is 11.6. The predicted molar refractivity (Wildman–Crippen MR) is 69.9 cm³/mol. The highest BCUT2D eigenvalue weighted by atomic mass is 79.9. The van der Waals surface area contributed by atoms with Crippen molar-refractivity contribution in [3.8, 4) is 0 Å². The van der Waals surface area contributed by atoms with E-state index in [4.69, 9.17) is 10.5 Å². The van der Waals surface area contributed by atoms with Crippen molar-refractivity contribution in [2.75, 3.05) is 12.3 Å². The normalized spacial score (nSPS) is 10.9. The number of esters is 1. The maximum Gasteiger partial charge on any atom is 0.360 e. The van der Waals surface area contributed by atoms with Crippen LogP contribution in [0.5, 0.6) is 0 Å². The first kappa shape index (κ1) is 14.0. The fourth-order valence-electron chi connectivity index (χ4n) is 1.67. The van der Waals surface area contributed by atoms with Crippen molar-refractivity contribution in [1.82, 2.24) is 9.78 Å². The molecule has 0 radical (unpaired) electrons. The number of nitrogens with two attached hydrogens (primary N) is 1. The lowest BCUT2D eigenvalue weighted by Crippen LogP contribution is -2.13. The molecule has 1 rings (SSSR count). The van der Waals surface area contributed by atoms with Crippen molar-refractivity contribution >= 4 is 27.7 Å². The monoisotopic (exact) mass is 303 g/mol. The number of hydrogen-bond acceptors (Lipinski definition) is 4. The summed E-state index contributed by atoms with van der Waals surface area (Å²) in [4.78, 5) is 11.6. The van der Waals surface area contributed by atoms with Gasteiger partial charge in [0.2, 0.25) is 0 Å². The van der Waals surface area contributed by atoms with Crippen molar-refractivity contribution < 1.29 is 9.53 Å². The van der Waals surface area contributed by atoms with Gasteiger partial charge in [-0.3, -0.25) is 0 Å². The summed E-state index contributed by atoms with van der Waals surface area (Å²) >= 11 is 3.29. The van der Waals surface area contributed by atoms with E-state index in [0.29, 0.717) is 16.9 Å². The molecule has 1 aromatic rings. The van der Waals surface area contributed by atoms with Crippen LogP contribution in [-0.2, 0) is 4.74 Å². The molecular weight excluding hydrogens is 286 g/mol. The zero-order chi connectivity index (χ0) is 13.0. The highest BCUT2D eigenvalue weighted by Gasteiger charge is 2.23. The second-order valence-corrected chi connectivity index (χ2v) is 4.48. The molecule has 0 aliphatic carbocycles. The third-order valence-electron chi connectivity index (χ3n) is 2.64. The van der Waals surface area contributed by atoms with E-state index in [1.165, 1.54) is 0 Å². The van der Waals surface area contributed by atoms with Crippen LogP contribution < -0.4 is 5.73 Å². The van der Waals surface area contributed by atoms with Gasteiger partial charge in [0.1, 0.15) is 5.82 Å². The molecule has 0 aromatic carbocycles. The number of halogens is 1. The number of aromatic nitrogens is 2. The van der Waals surface area contributed by atoms with Crippen LogP contribution in [-0.4, -0.2) is 22.4 Å². The van der Waals surface area contributed by atoms with Crippen LogP contribution in [0.1, 0.15) is 50.1 Å². The molecule has 96 valence electrons. The van der Waals surface area contributed by atoms with Gasteiger partial charge in [0, 0.05) is 0 Å². The second-order valence-electron chi connectivity index (χ2n) is 3.68. The summed E-state index contributed by atoms with van der Waals surface area (Å²) in [7, 11) is 0. The van der Waals surface area contributed by atoms with E-state index >= 15 is 0 Å². The zero-order valence-corrected chi connectivity index (χ0v) is 12.0. The third-order valence-corrected chi connectivity index (χ3v) is 3.43. The van der Waals surface area contributed by atoms with Crippen molar-refractivity contribution in [1.29, 1.82) is 0 Å². The van der Waals surface area contributed by atoms with Gasteiger partial charge in [-0.15, -0.1) is 0 Å². The van der Waals surface area contributed by atoms with Crippen LogP contribution in [0.3, 0.4) is 0 Å². The lowest BCUT2D eigenvalue weighted by Gasteiger charge is -2.14. The number of carbonyl (C=O) groups is 1. The fourth-order valence-corrected chi connectivity index (χ4v) is 2.09. The molecule has 1 aromatic heterocycles. The number of hydrogen-bond donors (Lipinski definition) is 1. The smallest absolute Gasteiger partial charge is 0.360 e. The van der Waals surface area contributed by atoms with Crippen LogP contribution in [0.15, 0.2) is 4.47 Å². The molecule has 6 heteroatoms. The van der Waals surface area contributed by atoms with E-state index in [2.05, 4.69) is 34.9 Å². The van der Waals surface area contributed by atoms with E-state index in [1.54, 1.807) is 11.6 Å². The number of ether oxygens (including phenoxy) is 1. The Balaban J connectivity index is 3.11. The molecule has 0 saturated heterocycles. The predicted octanol–water partition coefficient (Wildman–Crippen LogP) is 2.77. The molecule has 0 aliphatic heterocycles. The molecule has 1 heterocycles. The number of carbonyl (C=O) groups excluding carboxylic acids is 1. The Morgan fingerprint density at radius 2 is 2.06 bits per heavy atom. The molecule has 0 fully saturated rings. The van der Waals surface area contributed by atoms with Gasteiger partial charge in [-0.05, 0) is 35.7 Å². The second kappa shape index (κ2) is 6.05. The molecule has 0 aliphatic rings. The average Bonchev–Trinajstić information content (AvgIpc) is 2.60. The van der Waals surface area contributed by atoms with Crippen molar-refractivity contribution in [3.63, 3.8) is 0 Å². The molecular formula is C11H18BrN3O2. The first-order chi connectivity index (χ1) is 8.06. The summed E-state index contributed by atoms with van der Waals surface area (Å²) in [5.74, 6) is 0.0255. The van der Waals surface area contributed by atoms with E-state index in [-0.39, 0.29) is 11.7 Å². The Hall–Kier alpha value is -1.04. The Kier molecular flexibility index (Phi) is 4.99. The summed E-state index contributed by atoms with van der Waals surface area (Å²) < 4.78 is 7.13.